The number of nitrogens with zero attached hydrogens (tertiary/aromatic N) is 1. The summed E-state index contributed by atoms with van der Waals surface area (Å²) in [5, 5.41) is 5.70. The molecule has 1 atom stereocenters. The van der Waals surface area contributed by atoms with Gasteiger partial charge in [-0.2, -0.15) is 0 Å². The largest absolute Gasteiger partial charge is 0.460 e. The first-order valence-electron chi connectivity index (χ1n) is 9.59. The van der Waals surface area contributed by atoms with Gasteiger partial charge in [-0.15, -0.1) is 0 Å². The summed E-state index contributed by atoms with van der Waals surface area (Å²) in [7, 11) is 0. The van der Waals surface area contributed by atoms with Crippen molar-refractivity contribution in [3.8, 4) is 11.5 Å². The van der Waals surface area contributed by atoms with Crippen molar-refractivity contribution in [2.75, 3.05) is 13.2 Å². The summed E-state index contributed by atoms with van der Waals surface area (Å²) >= 11 is 0. The minimum atomic E-state index is -0.730. The van der Waals surface area contributed by atoms with Crippen LogP contribution in [0.5, 0.6) is 0 Å². The van der Waals surface area contributed by atoms with Crippen molar-refractivity contribution in [2.24, 2.45) is 0 Å². The molecule has 0 spiro atoms. The van der Waals surface area contributed by atoms with E-state index in [1.807, 2.05) is 19.1 Å². The molecule has 0 aliphatic heterocycles. The number of esters is 1. The molecule has 0 unspecified atom stereocenters. The summed E-state index contributed by atoms with van der Waals surface area (Å²) < 4.78 is 10.8. The Morgan fingerprint density at radius 2 is 1.93 bits per heavy atom. The standard InChI is InChI=1S/C22H23N3O5/c1-4-23-21(27)14(3)24-20(26)12-29-22(28)16-11-18(19-10-9-13(2)30-19)25-17-8-6-5-7-15(16)17/h5-11,14H,4,12H2,1-3H3,(H,23,27)(H,24,26)/t14-/m1/s1. The zero-order chi connectivity index (χ0) is 21.7. The minimum Gasteiger partial charge on any atom is -0.460 e. The zero-order valence-corrected chi connectivity index (χ0v) is 17.0. The molecule has 8 nitrogen and oxygen atoms in total. The lowest BCUT2D eigenvalue weighted by molar-refractivity contribution is -0.130. The molecule has 1 aromatic carbocycles. The van der Waals surface area contributed by atoms with Crippen molar-refractivity contribution in [1.29, 1.82) is 0 Å². The number of pyridine rings is 1. The molecule has 30 heavy (non-hydrogen) atoms. The third-order valence-electron chi connectivity index (χ3n) is 4.39. The van der Waals surface area contributed by atoms with Crippen molar-refractivity contribution in [2.45, 2.75) is 26.8 Å². The molecule has 3 rings (SSSR count). The number of aromatic nitrogens is 1. The fraction of sp³-hybridized carbons (Fsp3) is 0.273. The van der Waals surface area contributed by atoms with E-state index in [-0.39, 0.29) is 11.5 Å². The van der Waals surface area contributed by atoms with Crippen LogP contribution in [0.3, 0.4) is 0 Å². The van der Waals surface area contributed by atoms with Gasteiger partial charge in [-0.25, -0.2) is 9.78 Å². The Morgan fingerprint density at radius 1 is 1.17 bits per heavy atom. The number of benzene rings is 1. The number of carbonyl (C=O) groups is 3. The maximum Gasteiger partial charge on any atom is 0.339 e. The number of hydrogen-bond donors (Lipinski definition) is 2. The molecule has 156 valence electrons. The van der Waals surface area contributed by atoms with Crippen LogP contribution in [0.2, 0.25) is 0 Å². The van der Waals surface area contributed by atoms with Crippen LogP contribution in [0.25, 0.3) is 22.4 Å². The number of fused-ring (bicyclic) bond motifs is 1. The Balaban J connectivity index is 1.77. The number of para-hydroxylation sites is 1. The highest BCUT2D eigenvalue weighted by atomic mass is 16.5. The molecular weight excluding hydrogens is 386 g/mol. The second-order valence-electron chi connectivity index (χ2n) is 6.74. The van der Waals surface area contributed by atoms with Gasteiger partial charge in [0.1, 0.15) is 17.5 Å². The van der Waals surface area contributed by atoms with E-state index in [1.54, 1.807) is 44.2 Å². The molecule has 8 heteroatoms. The van der Waals surface area contributed by atoms with E-state index >= 15 is 0 Å². The number of nitrogens with one attached hydrogen (secondary N) is 2. The molecule has 0 bridgehead atoms. The quantitative estimate of drug-likeness (QED) is 0.581. The summed E-state index contributed by atoms with van der Waals surface area (Å²) in [6, 6.07) is 11.6. The normalized spacial score (nSPS) is 11.7. The summed E-state index contributed by atoms with van der Waals surface area (Å²) in [6.45, 7) is 5.11. The van der Waals surface area contributed by atoms with Crippen molar-refractivity contribution in [3.05, 3.63) is 53.8 Å². The molecule has 2 N–H and O–H groups in total. The number of ether oxygens (including phenoxy) is 1. The first kappa shape index (κ1) is 21.0. The summed E-state index contributed by atoms with van der Waals surface area (Å²) in [6.07, 6.45) is 0. The van der Waals surface area contributed by atoms with Gasteiger partial charge in [0, 0.05) is 11.9 Å². The van der Waals surface area contributed by atoms with Crippen molar-refractivity contribution < 1.29 is 23.5 Å². The summed E-state index contributed by atoms with van der Waals surface area (Å²) in [5.41, 5.74) is 1.36. The number of furan rings is 1. The van der Waals surface area contributed by atoms with Gasteiger partial charge in [0.05, 0.1) is 11.1 Å². The second-order valence-corrected chi connectivity index (χ2v) is 6.74. The minimum absolute atomic E-state index is 0.272. The van der Waals surface area contributed by atoms with E-state index in [2.05, 4.69) is 15.6 Å². The van der Waals surface area contributed by atoms with Gasteiger partial charge < -0.3 is 19.8 Å². The van der Waals surface area contributed by atoms with Gasteiger partial charge in [0.15, 0.2) is 12.4 Å². The molecule has 2 amide bonds. The number of likely N-dealkylation sites (N-methyl/N-ethyl adjacent to an activating group) is 1. The van der Waals surface area contributed by atoms with Gasteiger partial charge in [-0.1, -0.05) is 18.2 Å². The fourth-order valence-electron chi connectivity index (χ4n) is 2.93. The van der Waals surface area contributed by atoms with Crippen LogP contribution >= 0.6 is 0 Å². The van der Waals surface area contributed by atoms with Crippen LogP contribution in [0.15, 0.2) is 46.9 Å². The first-order chi connectivity index (χ1) is 14.4. The Morgan fingerprint density at radius 3 is 2.63 bits per heavy atom. The van der Waals surface area contributed by atoms with E-state index in [0.717, 1.165) is 5.76 Å². The van der Waals surface area contributed by atoms with Crippen LogP contribution in [0, 0.1) is 6.92 Å². The van der Waals surface area contributed by atoms with E-state index in [0.29, 0.717) is 28.9 Å². The number of amides is 2. The number of aryl methyl sites for hydroxylation is 1. The highest BCUT2D eigenvalue weighted by Crippen LogP contribution is 2.26. The molecule has 0 fully saturated rings. The number of rotatable bonds is 7. The Bertz CT molecular complexity index is 1090. The van der Waals surface area contributed by atoms with Crippen LogP contribution < -0.4 is 10.6 Å². The van der Waals surface area contributed by atoms with Crippen molar-refractivity contribution >= 4 is 28.7 Å². The predicted octanol–water partition coefficient (Wildman–Crippen LogP) is 2.60. The van der Waals surface area contributed by atoms with Crippen molar-refractivity contribution in [1.82, 2.24) is 15.6 Å². The lowest BCUT2D eigenvalue weighted by Gasteiger charge is -2.13. The average molecular weight is 409 g/mol. The van der Waals surface area contributed by atoms with E-state index in [4.69, 9.17) is 9.15 Å². The zero-order valence-electron chi connectivity index (χ0n) is 17.0. The lowest BCUT2D eigenvalue weighted by atomic mass is 10.1. The highest BCUT2D eigenvalue weighted by molar-refractivity contribution is 6.05. The van der Waals surface area contributed by atoms with Gasteiger partial charge in [0.2, 0.25) is 5.91 Å². The van der Waals surface area contributed by atoms with E-state index in [1.165, 1.54) is 0 Å². The lowest BCUT2D eigenvalue weighted by Crippen LogP contribution is -2.46. The van der Waals surface area contributed by atoms with Gasteiger partial charge in [0.25, 0.3) is 5.91 Å². The number of hydrogen-bond acceptors (Lipinski definition) is 6. The van der Waals surface area contributed by atoms with E-state index < -0.39 is 24.5 Å². The maximum atomic E-state index is 12.7. The summed E-state index contributed by atoms with van der Waals surface area (Å²) in [5.74, 6) is -0.292. The second kappa shape index (κ2) is 9.21. The molecule has 0 aliphatic rings. The van der Waals surface area contributed by atoms with Crippen LogP contribution in [-0.4, -0.2) is 42.0 Å². The van der Waals surface area contributed by atoms with Crippen LogP contribution in [0.1, 0.15) is 30.0 Å². The average Bonchev–Trinajstić information content (AvgIpc) is 3.17. The van der Waals surface area contributed by atoms with Crippen LogP contribution in [0.4, 0.5) is 0 Å². The third kappa shape index (κ3) is 4.83. The van der Waals surface area contributed by atoms with Gasteiger partial charge in [-0.3, -0.25) is 9.59 Å². The smallest absolute Gasteiger partial charge is 0.339 e. The van der Waals surface area contributed by atoms with E-state index in [9.17, 15) is 14.4 Å². The predicted molar refractivity (Wildman–Crippen MR) is 111 cm³/mol. The first-order valence-corrected chi connectivity index (χ1v) is 9.59. The van der Waals surface area contributed by atoms with Gasteiger partial charge in [-0.05, 0) is 45.0 Å². The SMILES string of the molecule is CCNC(=O)[C@@H](C)NC(=O)COC(=O)c1cc(-c2ccc(C)o2)nc2ccccc12. The molecule has 2 heterocycles. The topological polar surface area (TPSA) is 111 Å². The number of carbonyl (C=O) groups excluding carboxylic acids is 3. The highest BCUT2D eigenvalue weighted by Gasteiger charge is 2.19. The van der Waals surface area contributed by atoms with Crippen LogP contribution in [-0.2, 0) is 14.3 Å². The summed E-state index contributed by atoms with van der Waals surface area (Å²) in [4.78, 5) is 41.0. The molecule has 0 saturated carbocycles. The maximum absolute atomic E-state index is 12.7. The molecule has 0 saturated heterocycles. The Hall–Kier alpha value is -3.68. The van der Waals surface area contributed by atoms with Crippen molar-refractivity contribution in [3.63, 3.8) is 0 Å². The Kier molecular flexibility index (Phi) is 6.46. The Labute approximate surface area is 173 Å². The van der Waals surface area contributed by atoms with Gasteiger partial charge >= 0.3 is 5.97 Å². The molecule has 2 aromatic heterocycles. The molecule has 0 aliphatic carbocycles. The monoisotopic (exact) mass is 409 g/mol. The molecule has 0 radical (unpaired) electrons. The molecule has 3 aromatic rings. The molecular formula is C22H23N3O5. The fourth-order valence-corrected chi connectivity index (χ4v) is 2.93. The third-order valence-corrected chi connectivity index (χ3v) is 4.39.